The molecule has 7 heteroatoms. The van der Waals surface area contributed by atoms with Crippen molar-refractivity contribution in [1.29, 1.82) is 0 Å². The molecular formula is C18H22N2O5. The van der Waals surface area contributed by atoms with E-state index in [0.29, 0.717) is 18.1 Å². The van der Waals surface area contributed by atoms with Gasteiger partial charge in [0, 0.05) is 18.2 Å². The molecule has 0 saturated carbocycles. The minimum atomic E-state index is -0.191. The number of amides is 1. The van der Waals surface area contributed by atoms with Crippen LogP contribution in [-0.4, -0.2) is 44.1 Å². The van der Waals surface area contributed by atoms with Crippen LogP contribution in [0.15, 0.2) is 34.9 Å². The van der Waals surface area contributed by atoms with Crippen molar-refractivity contribution in [1.82, 2.24) is 10.5 Å². The third-order valence-corrected chi connectivity index (χ3v) is 3.94. The molecule has 0 spiro atoms. The van der Waals surface area contributed by atoms with E-state index in [1.165, 1.54) is 0 Å². The number of carbonyl (C=O) groups is 1. The van der Waals surface area contributed by atoms with Crippen LogP contribution in [0.1, 0.15) is 18.5 Å². The van der Waals surface area contributed by atoms with Crippen LogP contribution < -0.4 is 10.1 Å². The maximum atomic E-state index is 11.8. The van der Waals surface area contributed by atoms with Gasteiger partial charge in [-0.05, 0) is 25.0 Å². The first-order valence-electron chi connectivity index (χ1n) is 8.30. The maximum Gasteiger partial charge on any atom is 0.246 e. The molecule has 1 aromatic heterocycles. The normalized spacial score (nSPS) is 16.8. The lowest BCUT2D eigenvalue weighted by Gasteiger charge is -2.09. The van der Waals surface area contributed by atoms with Crippen molar-refractivity contribution in [3.8, 4) is 17.1 Å². The molecular weight excluding hydrogens is 324 g/mol. The molecule has 1 aliphatic heterocycles. The first-order valence-corrected chi connectivity index (χ1v) is 8.30. The summed E-state index contributed by atoms with van der Waals surface area (Å²) in [5.41, 5.74) is 1.51. The van der Waals surface area contributed by atoms with Gasteiger partial charge >= 0.3 is 0 Å². The summed E-state index contributed by atoms with van der Waals surface area (Å²) in [6.07, 6.45) is 2.17. The molecule has 134 valence electrons. The number of nitrogens with one attached hydrogen (secondary N) is 1. The number of ether oxygens (including phenoxy) is 3. The highest BCUT2D eigenvalue weighted by molar-refractivity contribution is 5.77. The summed E-state index contributed by atoms with van der Waals surface area (Å²) in [6, 6.07) is 9.30. The van der Waals surface area contributed by atoms with Gasteiger partial charge in [0.2, 0.25) is 5.91 Å². The largest absolute Gasteiger partial charge is 0.497 e. The zero-order valence-electron chi connectivity index (χ0n) is 14.2. The molecule has 1 amide bonds. The average Bonchev–Trinajstić information content (AvgIpc) is 3.32. The van der Waals surface area contributed by atoms with Crippen molar-refractivity contribution >= 4 is 5.91 Å². The van der Waals surface area contributed by atoms with E-state index in [0.717, 1.165) is 30.8 Å². The van der Waals surface area contributed by atoms with Gasteiger partial charge in [-0.25, -0.2) is 0 Å². The van der Waals surface area contributed by atoms with Crippen molar-refractivity contribution in [3.63, 3.8) is 0 Å². The highest BCUT2D eigenvalue weighted by Gasteiger charge is 2.16. The molecule has 7 nitrogen and oxygen atoms in total. The lowest BCUT2D eigenvalue weighted by molar-refractivity contribution is -0.127. The Labute approximate surface area is 146 Å². The lowest BCUT2D eigenvalue weighted by Crippen LogP contribution is -2.28. The van der Waals surface area contributed by atoms with Gasteiger partial charge in [0.15, 0.2) is 5.76 Å². The van der Waals surface area contributed by atoms with Crippen LogP contribution in [-0.2, 0) is 20.8 Å². The average molecular weight is 346 g/mol. The number of nitrogens with zero attached hydrogens (tertiary/aromatic N) is 1. The smallest absolute Gasteiger partial charge is 0.246 e. The molecule has 2 heterocycles. The number of hydrogen-bond donors (Lipinski definition) is 1. The molecule has 2 aromatic rings. The predicted molar refractivity (Wildman–Crippen MR) is 90.1 cm³/mol. The predicted octanol–water partition coefficient (Wildman–Crippen LogP) is 2.16. The topological polar surface area (TPSA) is 82.8 Å². The molecule has 25 heavy (non-hydrogen) atoms. The maximum absolute atomic E-state index is 11.8. The van der Waals surface area contributed by atoms with Gasteiger partial charge in [0.25, 0.3) is 0 Å². The van der Waals surface area contributed by atoms with E-state index < -0.39 is 0 Å². The molecule has 0 radical (unpaired) electrons. The fraction of sp³-hybridized carbons (Fsp3) is 0.444. The summed E-state index contributed by atoms with van der Waals surface area (Å²) >= 11 is 0. The van der Waals surface area contributed by atoms with Gasteiger partial charge in [-0.15, -0.1) is 0 Å². The molecule has 0 bridgehead atoms. The second-order valence-electron chi connectivity index (χ2n) is 5.84. The quantitative estimate of drug-likeness (QED) is 0.789. The highest BCUT2D eigenvalue weighted by atomic mass is 16.5. The summed E-state index contributed by atoms with van der Waals surface area (Å²) in [5, 5.41) is 6.73. The first-order chi connectivity index (χ1) is 12.2. The molecule has 1 saturated heterocycles. The highest BCUT2D eigenvalue weighted by Crippen LogP contribution is 2.24. The van der Waals surface area contributed by atoms with Crippen LogP contribution in [0.25, 0.3) is 11.3 Å². The fourth-order valence-corrected chi connectivity index (χ4v) is 2.61. The lowest BCUT2D eigenvalue weighted by atomic mass is 10.1. The van der Waals surface area contributed by atoms with Gasteiger partial charge in [0.05, 0.1) is 26.4 Å². The molecule has 1 aliphatic rings. The summed E-state index contributed by atoms with van der Waals surface area (Å²) < 4.78 is 21.3. The summed E-state index contributed by atoms with van der Waals surface area (Å²) in [4.78, 5) is 11.8. The van der Waals surface area contributed by atoms with Crippen molar-refractivity contribution in [2.24, 2.45) is 0 Å². The minimum absolute atomic E-state index is 0.0143. The number of benzene rings is 1. The Hall–Kier alpha value is -2.38. The monoisotopic (exact) mass is 346 g/mol. The second kappa shape index (κ2) is 8.64. The van der Waals surface area contributed by atoms with Crippen molar-refractivity contribution in [3.05, 3.63) is 36.0 Å². The Morgan fingerprint density at radius 2 is 2.32 bits per heavy atom. The van der Waals surface area contributed by atoms with Crippen LogP contribution in [0.3, 0.4) is 0 Å². The van der Waals surface area contributed by atoms with E-state index in [9.17, 15) is 4.79 Å². The van der Waals surface area contributed by atoms with Gasteiger partial charge in [0.1, 0.15) is 18.1 Å². The fourth-order valence-electron chi connectivity index (χ4n) is 2.61. The Bertz CT molecular complexity index is 694. The zero-order valence-corrected chi connectivity index (χ0v) is 14.2. The van der Waals surface area contributed by atoms with Gasteiger partial charge in [-0.2, -0.15) is 0 Å². The van der Waals surface area contributed by atoms with Crippen molar-refractivity contribution in [2.45, 2.75) is 25.5 Å². The molecule has 1 atom stereocenters. The number of methoxy groups -OCH3 is 1. The Kier molecular flexibility index (Phi) is 6.03. The standard InChI is InChI=1S/C18H22N2O5/c1-22-15-5-2-4-13(8-15)17-9-14(20-25-17)10-19-18(21)12-23-11-16-6-3-7-24-16/h2,4-5,8-9,16H,3,6-7,10-12H2,1H3,(H,19,21). The van der Waals surface area contributed by atoms with E-state index in [2.05, 4.69) is 10.5 Å². The van der Waals surface area contributed by atoms with E-state index in [1.807, 2.05) is 24.3 Å². The SMILES string of the molecule is COc1cccc(-c2cc(CNC(=O)COCC3CCCO3)no2)c1. The molecule has 1 fully saturated rings. The summed E-state index contributed by atoms with van der Waals surface area (Å²) in [7, 11) is 1.61. The van der Waals surface area contributed by atoms with E-state index in [1.54, 1.807) is 13.2 Å². The molecule has 1 aromatic carbocycles. The van der Waals surface area contributed by atoms with Crippen LogP contribution in [0.2, 0.25) is 0 Å². The first kappa shape index (κ1) is 17.4. The number of carbonyl (C=O) groups excluding carboxylic acids is 1. The van der Waals surface area contributed by atoms with E-state index in [4.69, 9.17) is 18.7 Å². The third-order valence-electron chi connectivity index (χ3n) is 3.94. The van der Waals surface area contributed by atoms with Crippen LogP contribution in [0.4, 0.5) is 0 Å². The Morgan fingerprint density at radius 3 is 3.12 bits per heavy atom. The molecule has 1 N–H and O–H groups in total. The second-order valence-corrected chi connectivity index (χ2v) is 5.84. The molecule has 1 unspecified atom stereocenters. The van der Waals surface area contributed by atoms with Gasteiger partial charge < -0.3 is 24.1 Å². The number of rotatable bonds is 8. The Morgan fingerprint density at radius 1 is 1.40 bits per heavy atom. The van der Waals surface area contributed by atoms with E-state index >= 15 is 0 Å². The van der Waals surface area contributed by atoms with Crippen molar-refractivity contribution < 1.29 is 23.5 Å². The minimum Gasteiger partial charge on any atom is -0.497 e. The van der Waals surface area contributed by atoms with Crippen LogP contribution in [0, 0.1) is 0 Å². The summed E-state index contributed by atoms with van der Waals surface area (Å²) in [6.45, 7) is 1.54. The van der Waals surface area contributed by atoms with Crippen LogP contribution >= 0.6 is 0 Å². The van der Waals surface area contributed by atoms with Gasteiger partial charge in [-0.3, -0.25) is 4.79 Å². The molecule has 0 aliphatic carbocycles. The zero-order chi connectivity index (χ0) is 17.5. The Balaban J connectivity index is 1.44. The summed E-state index contributed by atoms with van der Waals surface area (Å²) in [5.74, 6) is 1.17. The number of aromatic nitrogens is 1. The molecule has 3 rings (SSSR count). The number of hydrogen-bond acceptors (Lipinski definition) is 6. The van der Waals surface area contributed by atoms with Crippen LogP contribution in [0.5, 0.6) is 5.75 Å². The van der Waals surface area contributed by atoms with Gasteiger partial charge in [-0.1, -0.05) is 17.3 Å². The third kappa shape index (κ3) is 5.04. The van der Waals surface area contributed by atoms with E-state index in [-0.39, 0.29) is 25.2 Å². The van der Waals surface area contributed by atoms with Crippen molar-refractivity contribution in [2.75, 3.05) is 26.9 Å².